The number of hydrogen-bond donors (Lipinski definition) is 2. The third kappa shape index (κ3) is 3.67. The normalized spacial score (nSPS) is 29.3. The molecule has 144 valence electrons. The molecule has 0 bridgehead atoms. The van der Waals surface area contributed by atoms with E-state index in [9.17, 15) is 4.79 Å². The van der Waals surface area contributed by atoms with Crippen LogP contribution in [0.15, 0.2) is 0 Å². The summed E-state index contributed by atoms with van der Waals surface area (Å²) in [5.74, 6) is 1.02. The number of H-pyrrole nitrogens is 1. The van der Waals surface area contributed by atoms with Crippen LogP contribution in [-0.2, 0) is 22.4 Å². The minimum atomic E-state index is 0.0306. The van der Waals surface area contributed by atoms with Crippen LogP contribution in [0.5, 0.6) is 0 Å². The molecule has 0 unspecified atom stereocenters. The van der Waals surface area contributed by atoms with Gasteiger partial charge in [-0.05, 0) is 50.5 Å². The maximum Gasteiger partial charge on any atom is 0.225 e. The molecule has 0 aromatic carbocycles. The number of nitrogens with two attached hydrogens (primary N) is 1. The lowest BCUT2D eigenvalue weighted by Crippen LogP contribution is -2.47. The van der Waals surface area contributed by atoms with Gasteiger partial charge in [-0.15, -0.1) is 0 Å². The van der Waals surface area contributed by atoms with E-state index in [0.29, 0.717) is 11.8 Å². The van der Waals surface area contributed by atoms with Crippen LogP contribution in [0.1, 0.15) is 68.3 Å². The summed E-state index contributed by atoms with van der Waals surface area (Å²) in [7, 11) is 0. The van der Waals surface area contributed by atoms with Gasteiger partial charge in [-0.3, -0.25) is 9.89 Å². The zero-order valence-electron chi connectivity index (χ0n) is 15.9. The molecule has 26 heavy (non-hydrogen) atoms. The van der Waals surface area contributed by atoms with Crippen molar-refractivity contribution in [2.24, 2.45) is 11.7 Å². The lowest BCUT2D eigenvalue weighted by molar-refractivity contribution is -0.138. The molecule has 0 saturated heterocycles. The van der Waals surface area contributed by atoms with E-state index in [-0.39, 0.29) is 18.1 Å². The molecule has 1 amide bonds. The van der Waals surface area contributed by atoms with Crippen molar-refractivity contribution in [1.82, 2.24) is 15.1 Å². The molecule has 1 aliphatic heterocycles. The molecule has 2 saturated carbocycles. The monoisotopic (exact) mass is 360 g/mol. The largest absolute Gasteiger partial charge is 0.377 e. The maximum absolute atomic E-state index is 13.1. The van der Waals surface area contributed by atoms with E-state index in [4.69, 9.17) is 10.5 Å². The van der Waals surface area contributed by atoms with E-state index in [1.807, 2.05) is 0 Å². The van der Waals surface area contributed by atoms with Gasteiger partial charge in [0.15, 0.2) is 0 Å². The van der Waals surface area contributed by atoms with Gasteiger partial charge in [0.25, 0.3) is 0 Å². The summed E-state index contributed by atoms with van der Waals surface area (Å²) in [5.41, 5.74) is 10.1. The summed E-state index contributed by atoms with van der Waals surface area (Å²) < 4.78 is 5.92. The van der Waals surface area contributed by atoms with Gasteiger partial charge < -0.3 is 15.4 Å². The van der Waals surface area contributed by atoms with Gasteiger partial charge in [0.2, 0.25) is 5.91 Å². The Morgan fingerprint density at radius 3 is 2.85 bits per heavy atom. The second kappa shape index (κ2) is 7.69. The molecule has 6 nitrogen and oxygen atoms in total. The molecule has 2 heterocycles. The summed E-state index contributed by atoms with van der Waals surface area (Å²) in [6, 6.07) is 0.0710. The van der Waals surface area contributed by atoms with Crippen LogP contribution in [0.4, 0.5) is 0 Å². The van der Waals surface area contributed by atoms with E-state index >= 15 is 0 Å². The molecule has 0 spiro atoms. The molecule has 2 fully saturated rings. The Morgan fingerprint density at radius 1 is 1.27 bits per heavy atom. The summed E-state index contributed by atoms with van der Waals surface area (Å²) in [6.45, 7) is 4.44. The SMILES string of the molecule is CCCO[C@@H]1C[C@@H](C(=O)N2CCc3[nH]nc(C4CC4)c3CC2)CC[C@H]1N. The van der Waals surface area contributed by atoms with Crippen molar-refractivity contribution in [2.45, 2.75) is 76.4 Å². The van der Waals surface area contributed by atoms with Gasteiger partial charge in [-0.1, -0.05) is 6.92 Å². The molecule has 1 aromatic heterocycles. The van der Waals surface area contributed by atoms with Gasteiger partial charge >= 0.3 is 0 Å². The highest BCUT2D eigenvalue weighted by Gasteiger charge is 2.36. The number of nitrogens with zero attached hydrogens (tertiary/aromatic N) is 2. The fourth-order valence-corrected chi connectivity index (χ4v) is 4.52. The fraction of sp³-hybridized carbons (Fsp3) is 0.800. The van der Waals surface area contributed by atoms with Gasteiger partial charge in [0.1, 0.15) is 0 Å². The van der Waals surface area contributed by atoms with Crippen molar-refractivity contribution in [3.05, 3.63) is 17.0 Å². The quantitative estimate of drug-likeness (QED) is 0.842. The smallest absolute Gasteiger partial charge is 0.225 e. The molecule has 1 aromatic rings. The van der Waals surface area contributed by atoms with Crippen molar-refractivity contribution in [3.63, 3.8) is 0 Å². The van der Waals surface area contributed by atoms with Crippen LogP contribution in [0.2, 0.25) is 0 Å². The van der Waals surface area contributed by atoms with Crippen LogP contribution in [-0.4, -0.2) is 52.8 Å². The van der Waals surface area contributed by atoms with Crippen molar-refractivity contribution in [1.29, 1.82) is 0 Å². The first-order valence-electron chi connectivity index (χ1n) is 10.4. The highest BCUT2D eigenvalue weighted by Crippen LogP contribution is 2.41. The Morgan fingerprint density at radius 2 is 2.08 bits per heavy atom. The van der Waals surface area contributed by atoms with Crippen LogP contribution in [0.3, 0.4) is 0 Å². The molecule has 2 aliphatic carbocycles. The first-order valence-corrected chi connectivity index (χ1v) is 10.4. The van der Waals surface area contributed by atoms with Gasteiger partial charge in [0, 0.05) is 49.7 Å². The maximum atomic E-state index is 13.1. The molecular formula is C20H32N4O2. The fourth-order valence-electron chi connectivity index (χ4n) is 4.52. The zero-order chi connectivity index (χ0) is 18.1. The Balaban J connectivity index is 1.37. The highest BCUT2D eigenvalue weighted by molar-refractivity contribution is 5.79. The number of aromatic nitrogens is 2. The van der Waals surface area contributed by atoms with Crippen LogP contribution in [0, 0.1) is 5.92 Å². The number of aromatic amines is 1. The number of carbonyl (C=O) groups excluding carboxylic acids is 1. The zero-order valence-corrected chi connectivity index (χ0v) is 15.9. The molecule has 4 rings (SSSR count). The number of amides is 1. The molecule has 3 N–H and O–H groups in total. The third-order valence-electron chi connectivity index (χ3n) is 6.25. The van der Waals surface area contributed by atoms with Gasteiger partial charge in [-0.2, -0.15) is 5.10 Å². The lowest BCUT2D eigenvalue weighted by Gasteiger charge is -2.35. The average Bonchev–Trinajstić information content (AvgIpc) is 3.45. The number of hydrogen-bond acceptors (Lipinski definition) is 4. The topological polar surface area (TPSA) is 84.2 Å². The number of ether oxygens (including phenoxy) is 1. The summed E-state index contributed by atoms with van der Waals surface area (Å²) >= 11 is 0. The summed E-state index contributed by atoms with van der Waals surface area (Å²) in [5, 5.41) is 7.79. The summed E-state index contributed by atoms with van der Waals surface area (Å²) in [4.78, 5) is 15.2. The first kappa shape index (κ1) is 18.0. The first-order chi connectivity index (χ1) is 12.7. The molecule has 6 heteroatoms. The molecule has 3 atom stereocenters. The predicted molar refractivity (Wildman–Crippen MR) is 99.9 cm³/mol. The Bertz CT molecular complexity index is 640. The lowest BCUT2D eigenvalue weighted by atomic mass is 9.83. The van der Waals surface area contributed by atoms with Crippen molar-refractivity contribution < 1.29 is 9.53 Å². The van der Waals surface area contributed by atoms with Crippen LogP contribution in [0.25, 0.3) is 0 Å². The van der Waals surface area contributed by atoms with Gasteiger partial charge in [0.05, 0.1) is 11.8 Å². The summed E-state index contributed by atoms with van der Waals surface area (Å²) in [6.07, 6.45) is 7.93. The average molecular weight is 361 g/mol. The number of fused-ring (bicyclic) bond motifs is 1. The van der Waals surface area contributed by atoms with E-state index in [2.05, 4.69) is 22.0 Å². The van der Waals surface area contributed by atoms with Crippen LogP contribution >= 0.6 is 0 Å². The van der Waals surface area contributed by atoms with E-state index in [0.717, 1.165) is 58.2 Å². The van der Waals surface area contributed by atoms with Crippen molar-refractivity contribution in [3.8, 4) is 0 Å². The highest BCUT2D eigenvalue weighted by atomic mass is 16.5. The second-order valence-electron chi connectivity index (χ2n) is 8.25. The predicted octanol–water partition coefficient (Wildman–Crippen LogP) is 2.14. The minimum absolute atomic E-state index is 0.0306. The Hall–Kier alpha value is -1.40. The Labute approximate surface area is 155 Å². The van der Waals surface area contributed by atoms with Crippen LogP contribution < -0.4 is 5.73 Å². The number of carbonyl (C=O) groups is 1. The second-order valence-corrected chi connectivity index (χ2v) is 8.25. The van der Waals surface area contributed by atoms with Crippen molar-refractivity contribution >= 4 is 5.91 Å². The number of nitrogens with one attached hydrogen (secondary N) is 1. The Kier molecular flexibility index (Phi) is 5.32. The standard InChI is InChI=1S/C20H32N4O2/c1-2-11-26-18-12-14(5-6-16(18)21)20(25)24-9-7-15-17(8-10-24)22-23-19(15)13-3-4-13/h13-14,16,18H,2-12,21H2,1H3,(H,22,23)/t14-,16+,18+/m0/s1. The van der Waals surface area contributed by atoms with E-state index in [1.54, 1.807) is 0 Å². The molecular weight excluding hydrogens is 328 g/mol. The van der Waals surface area contributed by atoms with E-state index < -0.39 is 0 Å². The number of rotatable bonds is 5. The van der Waals surface area contributed by atoms with Gasteiger partial charge in [-0.25, -0.2) is 0 Å². The van der Waals surface area contributed by atoms with E-state index in [1.165, 1.54) is 29.8 Å². The molecule has 0 radical (unpaired) electrons. The molecule has 3 aliphatic rings. The minimum Gasteiger partial charge on any atom is -0.377 e. The third-order valence-corrected chi connectivity index (χ3v) is 6.25. The van der Waals surface area contributed by atoms with Crippen molar-refractivity contribution in [2.75, 3.05) is 19.7 Å².